The molecule has 0 spiro atoms. The van der Waals surface area contributed by atoms with Crippen molar-refractivity contribution >= 4 is 27.5 Å². The zero-order valence-electron chi connectivity index (χ0n) is 26.7. The molecule has 8 nitrogen and oxygen atoms in total. The Hall–Kier alpha value is -3.63. The highest BCUT2D eigenvalue weighted by Crippen LogP contribution is 2.42. The molecule has 44 heavy (non-hydrogen) atoms. The van der Waals surface area contributed by atoms with Gasteiger partial charge in [-0.05, 0) is 88.7 Å². The Balaban J connectivity index is 1.70. The van der Waals surface area contributed by atoms with E-state index in [9.17, 15) is 14.6 Å². The van der Waals surface area contributed by atoms with Gasteiger partial charge in [0.25, 0.3) is 0 Å². The molecule has 0 aliphatic heterocycles. The van der Waals surface area contributed by atoms with E-state index in [2.05, 4.69) is 35.9 Å². The van der Waals surface area contributed by atoms with Gasteiger partial charge < -0.3 is 24.7 Å². The van der Waals surface area contributed by atoms with Crippen molar-refractivity contribution < 1.29 is 23.7 Å². The molecule has 236 valence electrons. The number of phenolic OH excluding ortho intramolecular Hbond substituents is 1. The first-order valence-corrected chi connectivity index (χ1v) is 15.3. The van der Waals surface area contributed by atoms with Crippen LogP contribution in [0.4, 0.5) is 14.6 Å². The summed E-state index contributed by atoms with van der Waals surface area (Å²) in [5.74, 6) is -0.825. The molecule has 2 unspecified atom stereocenters. The first-order chi connectivity index (χ1) is 20.8. The number of halogens is 2. The number of aliphatic hydroxyl groups is 1. The standard InChI is InChI=1S/C34H43F2N5O3/c1-8-22-25(35)13-12-20-15-21(42)16-23(27(20)22)29-28(36)30-24(17-37-29)31(41(9-2)18-33(3,4)43)39-32(38-30)44-19-34(5)14-10-11-26(34)40(6)7/h12-13,15-17,26,42-43H,8-11,14,18-19H2,1-7H3. The maximum atomic E-state index is 16.7. The average Bonchev–Trinajstić information content (AvgIpc) is 3.36. The topological polar surface area (TPSA) is 94.8 Å². The van der Waals surface area contributed by atoms with Crippen molar-refractivity contribution in [3.63, 3.8) is 0 Å². The lowest BCUT2D eigenvalue weighted by Crippen LogP contribution is -2.42. The number of phenols is 1. The van der Waals surface area contributed by atoms with Crippen molar-refractivity contribution in [1.82, 2.24) is 19.9 Å². The molecular formula is C34H43F2N5O3. The summed E-state index contributed by atoms with van der Waals surface area (Å²) in [5.41, 5.74) is -0.574. The van der Waals surface area contributed by atoms with Gasteiger partial charge >= 0.3 is 6.01 Å². The Kier molecular flexibility index (Phi) is 8.70. The van der Waals surface area contributed by atoms with E-state index in [0.717, 1.165) is 19.3 Å². The molecule has 10 heteroatoms. The lowest BCUT2D eigenvalue weighted by molar-refractivity contribution is 0.0810. The number of aryl methyl sites for hydroxylation is 1. The van der Waals surface area contributed by atoms with Crippen LogP contribution in [0.5, 0.6) is 11.8 Å². The summed E-state index contributed by atoms with van der Waals surface area (Å²) >= 11 is 0. The Bertz CT molecular complexity index is 1690. The van der Waals surface area contributed by atoms with E-state index in [0.29, 0.717) is 53.2 Å². The van der Waals surface area contributed by atoms with E-state index < -0.39 is 17.2 Å². The van der Waals surface area contributed by atoms with E-state index in [-0.39, 0.29) is 40.5 Å². The van der Waals surface area contributed by atoms with Crippen molar-refractivity contribution in [1.29, 1.82) is 0 Å². The Labute approximate surface area is 257 Å². The van der Waals surface area contributed by atoms with Gasteiger partial charge in [0.1, 0.15) is 28.6 Å². The highest BCUT2D eigenvalue weighted by molar-refractivity contribution is 6.01. The largest absolute Gasteiger partial charge is 0.508 e. The molecule has 2 atom stereocenters. The van der Waals surface area contributed by atoms with Crippen LogP contribution in [0, 0.1) is 17.0 Å². The van der Waals surface area contributed by atoms with Crippen molar-refractivity contribution in [2.45, 2.75) is 71.9 Å². The number of rotatable bonds is 10. The quantitative estimate of drug-likeness (QED) is 0.211. The van der Waals surface area contributed by atoms with Gasteiger partial charge in [-0.1, -0.05) is 26.3 Å². The zero-order valence-corrected chi connectivity index (χ0v) is 26.7. The SMILES string of the molecule is CCc1c(F)ccc2cc(O)cc(-c3ncc4c(N(CC)CC(C)(C)O)nc(OCC5(C)CCCC5N(C)C)nc4c3F)c12. The summed E-state index contributed by atoms with van der Waals surface area (Å²) in [6.07, 6.45) is 5.01. The fourth-order valence-corrected chi connectivity index (χ4v) is 6.84. The molecule has 1 fully saturated rings. The number of aromatic nitrogens is 3. The van der Waals surface area contributed by atoms with E-state index in [4.69, 9.17) is 9.72 Å². The lowest BCUT2D eigenvalue weighted by Gasteiger charge is -2.35. The van der Waals surface area contributed by atoms with Gasteiger partial charge in [0.2, 0.25) is 0 Å². The third kappa shape index (κ3) is 6.02. The number of ether oxygens (including phenoxy) is 1. The Morgan fingerprint density at radius 3 is 2.55 bits per heavy atom. The predicted molar refractivity (Wildman–Crippen MR) is 170 cm³/mol. The first-order valence-electron chi connectivity index (χ1n) is 15.3. The van der Waals surface area contributed by atoms with Gasteiger partial charge in [0.05, 0.1) is 17.6 Å². The zero-order chi connectivity index (χ0) is 32.0. The number of aromatic hydroxyl groups is 1. The molecule has 1 aliphatic carbocycles. The summed E-state index contributed by atoms with van der Waals surface area (Å²) in [5, 5.41) is 22.6. The lowest BCUT2D eigenvalue weighted by atomic mass is 9.85. The van der Waals surface area contributed by atoms with Crippen molar-refractivity contribution in [3.8, 4) is 23.0 Å². The van der Waals surface area contributed by atoms with Crippen LogP contribution < -0.4 is 9.64 Å². The number of nitrogens with zero attached hydrogens (tertiary/aromatic N) is 5. The molecular weight excluding hydrogens is 564 g/mol. The molecule has 0 bridgehead atoms. The normalized spacial score (nSPS) is 18.9. The van der Waals surface area contributed by atoms with E-state index >= 15 is 4.39 Å². The highest BCUT2D eigenvalue weighted by Gasteiger charge is 2.41. The third-order valence-corrected chi connectivity index (χ3v) is 8.85. The second-order valence-electron chi connectivity index (χ2n) is 13.1. The van der Waals surface area contributed by atoms with Gasteiger partial charge in [-0.2, -0.15) is 9.97 Å². The molecule has 1 saturated carbocycles. The first kappa shape index (κ1) is 31.8. The number of anilines is 1. The second-order valence-corrected chi connectivity index (χ2v) is 13.1. The van der Waals surface area contributed by atoms with Gasteiger partial charge in [-0.25, -0.2) is 8.78 Å². The Morgan fingerprint density at radius 1 is 1.14 bits per heavy atom. The van der Waals surface area contributed by atoms with Crippen molar-refractivity contribution in [3.05, 3.63) is 47.7 Å². The number of pyridine rings is 1. The van der Waals surface area contributed by atoms with E-state index in [1.807, 2.05) is 18.7 Å². The molecule has 2 heterocycles. The maximum absolute atomic E-state index is 16.7. The number of fused-ring (bicyclic) bond motifs is 2. The fraction of sp³-hybridized carbons (Fsp3) is 0.500. The summed E-state index contributed by atoms with van der Waals surface area (Å²) < 4.78 is 37.9. The fourth-order valence-electron chi connectivity index (χ4n) is 6.84. The Morgan fingerprint density at radius 2 is 1.89 bits per heavy atom. The summed E-state index contributed by atoms with van der Waals surface area (Å²) in [4.78, 5) is 17.9. The van der Waals surface area contributed by atoms with Crippen LogP contribution in [0.1, 0.15) is 59.4 Å². The molecule has 5 rings (SSSR count). The average molecular weight is 608 g/mol. The van der Waals surface area contributed by atoms with Crippen LogP contribution in [0.3, 0.4) is 0 Å². The molecule has 2 aromatic heterocycles. The molecule has 4 aromatic rings. The van der Waals surface area contributed by atoms with Crippen LogP contribution in [-0.2, 0) is 6.42 Å². The maximum Gasteiger partial charge on any atom is 0.319 e. The molecule has 2 aromatic carbocycles. The van der Waals surface area contributed by atoms with Gasteiger partial charge in [0, 0.05) is 36.3 Å². The van der Waals surface area contributed by atoms with E-state index in [1.54, 1.807) is 19.9 Å². The summed E-state index contributed by atoms with van der Waals surface area (Å²) in [7, 11) is 4.14. The number of hydrogen-bond donors (Lipinski definition) is 2. The third-order valence-electron chi connectivity index (χ3n) is 8.85. The van der Waals surface area contributed by atoms with E-state index in [1.165, 1.54) is 24.4 Å². The minimum atomic E-state index is -1.06. The predicted octanol–water partition coefficient (Wildman–Crippen LogP) is 6.49. The smallest absolute Gasteiger partial charge is 0.319 e. The van der Waals surface area contributed by atoms with Crippen molar-refractivity contribution in [2.75, 3.05) is 38.7 Å². The second kappa shape index (κ2) is 12.0. The summed E-state index contributed by atoms with van der Waals surface area (Å²) in [6, 6.07) is 6.22. The van der Waals surface area contributed by atoms with Gasteiger partial charge in [-0.15, -0.1) is 0 Å². The molecule has 0 saturated heterocycles. The van der Waals surface area contributed by atoms with Crippen LogP contribution in [-0.4, -0.2) is 75.5 Å². The van der Waals surface area contributed by atoms with Crippen LogP contribution in [0.25, 0.3) is 32.9 Å². The van der Waals surface area contributed by atoms with Crippen molar-refractivity contribution in [2.24, 2.45) is 5.41 Å². The minimum absolute atomic E-state index is 0.00382. The van der Waals surface area contributed by atoms with Gasteiger partial charge in [-0.3, -0.25) is 4.98 Å². The number of likely N-dealkylation sites (N-methyl/N-ethyl adjacent to an activating group) is 1. The number of benzene rings is 2. The van der Waals surface area contributed by atoms with Crippen LogP contribution in [0.2, 0.25) is 0 Å². The highest BCUT2D eigenvalue weighted by atomic mass is 19.1. The summed E-state index contributed by atoms with van der Waals surface area (Å²) in [6.45, 7) is 10.4. The number of hydrogen-bond acceptors (Lipinski definition) is 8. The molecule has 0 amide bonds. The van der Waals surface area contributed by atoms with Gasteiger partial charge in [0.15, 0.2) is 5.82 Å². The molecule has 1 aliphatic rings. The molecule has 2 N–H and O–H groups in total. The molecule has 0 radical (unpaired) electrons. The van der Waals surface area contributed by atoms with Crippen LogP contribution in [0.15, 0.2) is 30.5 Å². The monoisotopic (exact) mass is 607 g/mol. The van der Waals surface area contributed by atoms with Crippen LogP contribution >= 0.6 is 0 Å². The minimum Gasteiger partial charge on any atom is -0.508 e.